The van der Waals surface area contributed by atoms with E-state index in [-0.39, 0.29) is 35.6 Å². The Bertz CT molecular complexity index is 720. The van der Waals surface area contributed by atoms with Crippen molar-refractivity contribution in [2.45, 2.75) is 82.6 Å². The molecule has 2 heterocycles. The monoisotopic (exact) mass is 555 g/mol. The van der Waals surface area contributed by atoms with Gasteiger partial charge in [0.1, 0.15) is 0 Å². The predicted molar refractivity (Wildman–Crippen MR) is 143 cm³/mol. The Morgan fingerprint density at radius 2 is 1.94 bits per heavy atom. The van der Waals surface area contributed by atoms with Gasteiger partial charge in [-0.15, -0.1) is 24.0 Å². The summed E-state index contributed by atoms with van der Waals surface area (Å²) in [5, 5.41) is 11.2. The van der Waals surface area contributed by atoms with Crippen molar-refractivity contribution >= 4 is 29.9 Å². The van der Waals surface area contributed by atoms with Crippen LogP contribution < -0.4 is 16.0 Å². The van der Waals surface area contributed by atoms with E-state index in [2.05, 4.69) is 72.0 Å². The molecule has 0 spiro atoms. The molecule has 3 unspecified atom stereocenters. The Labute approximate surface area is 211 Å². The van der Waals surface area contributed by atoms with Gasteiger partial charge in [-0.1, -0.05) is 30.3 Å². The van der Waals surface area contributed by atoms with Gasteiger partial charge in [-0.2, -0.15) is 0 Å². The van der Waals surface area contributed by atoms with Crippen LogP contribution in [0.2, 0.25) is 0 Å². The van der Waals surface area contributed by atoms with Gasteiger partial charge >= 0.3 is 0 Å². The molecule has 1 aromatic carbocycles. The smallest absolute Gasteiger partial charge is 0.191 e. The van der Waals surface area contributed by atoms with Crippen molar-refractivity contribution in [3.05, 3.63) is 35.9 Å². The van der Waals surface area contributed by atoms with Crippen molar-refractivity contribution < 1.29 is 4.74 Å². The second-order valence-corrected chi connectivity index (χ2v) is 9.72. The minimum absolute atomic E-state index is 0. The lowest BCUT2D eigenvalue weighted by Gasteiger charge is -2.39. The Kier molecular flexibility index (Phi) is 9.64. The molecule has 1 saturated carbocycles. The number of hydrogen-bond acceptors (Lipinski definition) is 4. The molecule has 7 heteroatoms. The summed E-state index contributed by atoms with van der Waals surface area (Å²) in [6, 6.07) is 13.0. The SMILES string of the molecule is CCNC(=NCC1(NC(C)c2ccccc2)CCOCC1)NC1CC(C)N(C2CC2)C1.I. The number of hydrogen-bond donors (Lipinski definition) is 3. The summed E-state index contributed by atoms with van der Waals surface area (Å²) >= 11 is 0. The van der Waals surface area contributed by atoms with E-state index in [9.17, 15) is 0 Å². The van der Waals surface area contributed by atoms with Gasteiger partial charge in [-0.3, -0.25) is 9.89 Å². The number of likely N-dealkylation sites (tertiary alicyclic amines) is 1. The number of ether oxygens (including phenoxy) is 1. The molecule has 1 aromatic rings. The highest BCUT2D eigenvalue weighted by Crippen LogP contribution is 2.33. The Morgan fingerprint density at radius 1 is 1.22 bits per heavy atom. The molecule has 0 bridgehead atoms. The molecule has 3 atom stereocenters. The van der Waals surface area contributed by atoms with Crippen molar-refractivity contribution in [3.8, 4) is 0 Å². The standard InChI is InChI=1S/C25H41N5O.HI/c1-4-26-24(28-22-16-19(2)30(17-22)23-10-11-23)27-18-25(12-14-31-15-13-25)29-20(3)21-8-6-5-7-9-21;/h5-9,19-20,22-23,29H,4,10-18H2,1-3H3,(H2,26,27,28);1H. The van der Waals surface area contributed by atoms with Crippen molar-refractivity contribution in [3.63, 3.8) is 0 Å². The summed E-state index contributed by atoms with van der Waals surface area (Å²) in [5.74, 6) is 0.956. The third-order valence-corrected chi connectivity index (χ3v) is 7.14. The number of benzene rings is 1. The van der Waals surface area contributed by atoms with Crippen LogP contribution in [-0.2, 0) is 4.74 Å². The van der Waals surface area contributed by atoms with E-state index >= 15 is 0 Å². The van der Waals surface area contributed by atoms with Gasteiger partial charge < -0.3 is 20.7 Å². The molecule has 1 aliphatic carbocycles. The lowest BCUT2D eigenvalue weighted by Crippen LogP contribution is -2.53. The van der Waals surface area contributed by atoms with E-state index in [0.29, 0.717) is 12.1 Å². The first-order valence-corrected chi connectivity index (χ1v) is 12.3. The molecule has 4 rings (SSSR count). The molecular formula is C25H42IN5O. The van der Waals surface area contributed by atoms with Crippen LogP contribution in [0.4, 0.5) is 0 Å². The highest BCUT2D eigenvalue weighted by atomic mass is 127. The Morgan fingerprint density at radius 3 is 2.59 bits per heavy atom. The quantitative estimate of drug-likeness (QED) is 0.260. The number of halogens is 1. The van der Waals surface area contributed by atoms with Gasteiger partial charge in [-0.05, 0) is 58.4 Å². The number of aliphatic imine (C=N–C) groups is 1. The zero-order valence-corrected chi connectivity index (χ0v) is 22.3. The van der Waals surface area contributed by atoms with Crippen LogP contribution in [0.1, 0.15) is 64.5 Å². The summed E-state index contributed by atoms with van der Waals surface area (Å²) in [5.41, 5.74) is 1.29. The van der Waals surface area contributed by atoms with Crippen LogP contribution in [0, 0.1) is 0 Å². The van der Waals surface area contributed by atoms with Crippen LogP contribution in [0.15, 0.2) is 35.3 Å². The fourth-order valence-electron chi connectivity index (χ4n) is 5.21. The fraction of sp³-hybridized carbons (Fsp3) is 0.720. The number of guanidine groups is 1. The maximum atomic E-state index is 5.70. The zero-order chi connectivity index (χ0) is 21.7. The fourth-order valence-corrected chi connectivity index (χ4v) is 5.21. The number of nitrogens with one attached hydrogen (secondary N) is 3. The van der Waals surface area contributed by atoms with Crippen LogP contribution in [0.3, 0.4) is 0 Å². The lowest BCUT2D eigenvalue weighted by molar-refractivity contribution is 0.0374. The molecule has 180 valence electrons. The van der Waals surface area contributed by atoms with E-state index in [1.165, 1.54) is 24.8 Å². The number of nitrogens with zero attached hydrogens (tertiary/aromatic N) is 2. The predicted octanol–water partition coefficient (Wildman–Crippen LogP) is 3.68. The molecule has 3 N–H and O–H groups in total. The van der Waals surface area contributed by atoms with Crippen molar-refractivity contribution in [1.29, 1.82) is 0 Å². The molecule has 0 amide bonds. The third-order valence-electron chi connectivity index (χ3n) is 7.14. The van der Waals surface area contributed by atoms with Crippen LogP contribution in [0.25, 0.3) is 0 Å². The average Bonchev–Trinajstić information content (AvgIpc) is 3.56. The van der Waals surface area contributed by atoms with Crippen LogP contribution in [-0.4, -0.2) is 67.4 Å². The molecule has 3 fully saturated rings. The zero-order valence-electron chi connectivity index (χ0n) is 20.0. The summed E-state index contributed by atoms with van der Waals surface area (Å²) in [4.78, 5) is 7.77. The second-order valence-electron chi connectivity index (χ2n) is 9.72. The molecule has 0 radical (unpaired) electrons. The first-order valence-electron chi connectivity index (χ1n) is 12.3. The maximum absolute atomic E-state index is 5.70. The largest absolute Gasteiger partial charge is 0.381 e. The molecular weight excluding hydrogens is 513 g/mol. The molecule has 0 aromatic heterocycles. The molecule has 2 aliphatic heterocycles. The minimum Gasteiger partial charge on any atom is -0.381 e. The normalized spacial score (nSPS) is 26.9. The van der Waals surface area contributed by atoms with E-state index in [1.807, 2.05) is 0 Å². The average molecular weight is 556 g/mol. The first-order chi connectivity index (χ1) is 15.1. The van der Waals surface area contributed by atoms with Gasteiger partial charge in [0.15, 0.2) is 5.96 Å². The van der Waals surface area contributed by atoms with E-state index < -0.39 is 0 Å². The van der Waals surface area contributed by atoms with Crippen molar-refractivity contribution in [2.75, 3.05) is 32.8 Å². The summed E-state index contributed by atoms with van der Waals surface area (Å²) in [7, 11) is 0. The summed E-state index contributed by atoms with van der Waals surface area (Å²) in [6.45, 7) is 11.1. The topological polar surface area (TPSA) is 60.9 Å². The molecule has 3 aliphatic rings. The molecule has 6 nitrogen and oxygen atoms in total. The van der Waals surface area contributed by atoms with Gasteiger partial charge in [0.25, 0.3) is 0 Å². The lowest BCUT2D eigenvalue weighted by atomic mass is 9.88. The summed E-state index contributed by atoms with van der Waals surface area (Å²) in [6.07, 6.45) is 5.93. The van der Waals surface area contributed by atoms with Gasteiger partial charge in [0, 0.05) is 56.0 Å². The highest BCUT2D eigenvalue weighted by molar-refractivity contribution is 14.0. The number of rotatable bonds is 8. The van der Waals surface area contributed by atoms with Gasteiger partial charge in [-0.25, -0.2) is 0 Å². The van der Waals surface area contributed by atoms with E-state index in [4.69, 9.17) is 9.73 Å². The van der Waals surface area contributed by atoms with Gasteiger partial charge in [0.05, 0.1) is 6.54 Å². The van der Waals surface area contributed by atoms with Crippen LogP contribution in [0.5, 0.6) is 0 Å². The van der Waals surface area contributed by atoms with E-state index in [1.54, 1.807) is 0 Å². The third kappa shape index (κ3) is 6.81. The van der Waals surface area contributed by atoms with Gasteiger partial charge in [0.2, 0.25) is 0 Å². The maximum Gasteiger partial charge on any atom is 0.191 e. The van der Waals surface area contributed by atoms with Crippen LogP contribution >= 0.6 is 24.0 Å². The Balaban J connectivity index is 0.00000289. The first kappa shape index (κ1) is 25.7. The molecule has 2 saturated heterocycles. The Hall–Kier alpha value is -0.900. The van der Waals surface area contributed by atoms with E-state index in [0.717, 1.165) is 57.7 Å². The van der Waals surface area contributed by atoms with Crippen molar-refractivity contribution in [1.82, 2.24) is 20.9 Å². The minimum atomic E-state index is -0.0289. The summed E-state index contributed by atoms with van der Waals surface area (Å²) < 4.78 is 5.70. The van der Waals surface area contributed by atoms with Crippen molar-refractivity contribution in [2.24, 2.45) is 4.99 Å². The molecule has 32 heavy (non-hydrogen) atoms. The second kappa shape index (κ2) is 12.0. The highest BCUT2D eigenvalue weighted by Gasteiger charge is 2.39.